The molecule has 0 spiro atoms. The first kappa shape index (κ1) is 11.5. The van der Waals surface area contributed by atoms with Gasteiger partial charge in [0.15, 0.2) is 0 Å². The number of nitrogens with zero attached hydrogens (tertiary/aromatic N) is 1. The molecule has 4 heteroatoms. The molecule has 0 aliphatic carbocycles. The Bertz CT molecular complexity index is 383. The Morgan fingerprint density at radius 3 is 2.87 bits per heavy atom. The van der Waals surface area contributed by atoms with Crippen molar-refractivity contribution in [3.05, 3.63) is 34.7 Å². The molecule has 1 rings (SSSR count). The summed E-state index contributed by atoms with van der Waals surface area (Å²) in [6, 6.07) is 4.76. The Balaban J connectivity index is 2.59. The third-order valence-electron chi connectivity index (χ3n) is 2.11. The number of aromatic nitrogens is 1. The molecule has 1 aromatic rings. The highest BCUT2D eigenvalue weighted by atomic mass is 16.5. The molecule has 0 saturated carbocycles. The fourth-order valence-electron chi connectivity index (χ4n) is 1.08. The van der Waals surface area contributed by atoms with Crippen LogP contribution < -0.4 is 5.56 Å². The second-order valence-electron chi connectivity index (χ2n) is 3.38. The van der Waals surface area contributed by atoms with Gasteiger partial charge in [0.1, 0.15) is 6.54 Å². The monoisotopic (exact) mass is 209 g/mol. The number of rotatable bonds is 4. The highest BCUT2D eigenvalue weighted by Gasteiger charge is 2.08. The van der Waals surface area contributed by atoms with Crippen LogP contribution in [-0.4, -0.2) is 16.6 Å². The number of ether oxygens (including phenoxy) is 1. The van der Waals surface area contributed by atoms with Crippen molar-refractivity contribution >= 4 is 5.97 Å². The van der Waals surface area contributed by atoms with Crippen molar-refractivity contribution in [3.63, 3.8) is 0 Å². The van der Waals surface area contributed by atoms with Crippen LogP contribution in [0.25, 0.3) is 0 Å². The number of pyridine rings is 1. The van der Waals surface area contributed by atoms with Gasteiger partial charge in [0.25, 0.3) is 5.56 Å². The van der Waals surface area contributed by atoms with Crippen LogP contribution in [0.4, 0.5) is 0 Å². The van der Waals surface area contributed by atoms with Crippen molar-refractivity contribution in [1.82, 2.24) is 4.57 Å². The van der Waals surface area contributed by atoms with Crippen LogP contribution in [0, 0.1) is 0 Å². The lowest BCUT2D eigenvalue weighted by Crippen LogP contribution is -2.25. The number of hydrogen-bond acceptors (Lipinski definition) is 3. The van der Waals surface area contributed by atoms with Gasteiger partial charge in [-0.15, -0.1) is 0 Å². The largest absolute Gasteiger partial charge is 0.461 e. The summed E-state index contributed by atoms with van der Waals surface area (Å²) in [6.07, 6.45) is 2.24. The van der Waals surface area contributed by atoms with Gasteiger partial charge in [0.05, 0.1) is 6.10 Å². The van der Waals surface area contributed by atoms with Crippen LogP contribution >= 0.6 is 0 Å². The lowest BCUT2D eigenvalue weighted by atomic mass is 10.3. The molecule has 0 N–H and O–H groups in total. The topological polar surface area (TPSA) is 48.3 Å². The van der Waals surface area contributed by atoms with Crippen LogP contribution in [0.15, 0.2) is 29.2 Å². The van der Waals surface area contributed by atoms with Gasteiger partial charge in [-0.05, 0) is 19.4 Å². The van der Waals surface area contributed by atoms with E-state index in [9.17, 15) is 9.59 Å². The zero-order chi connectivity index (χ0) is 11.3. The molecule has 0 bridgehead atoms. The molecule has 1 aromatic heterocycles. The number of hydrogen-bond donors (Lipinski definition) is 0. The van der Waals surface area contributed by atoms with Gasteiger partial charge >= 0.3 is 5.97 Å². The lowest BCUT2D eigenvalue weighted by Gasteiger charge is -2.11. The van der Waals surface area contributed by atoms with E-state index in [0.717, 1.165) is 6.42 Å². The molecule has 15 heavy (non-hydrogen) atoms. The summed E-state index contributed by atoms with van der Waals surface area (Å²) < 4.78 is 6.38. The zero-order valence-corrected chi connectivity index (χ0v) is 8.97. The molecular formula is C11H15NO3. The van der Waals surface area contributed by atoms with E-state index in [2.05, 4.69) is 0 Å². The van der Waals surface area contributed by atoms with Gasteiger partial charge in [0.2, 0.25) is 0 Å². The maximum absolute atomic E-state index is 11.4. The van der Waals surface area contributed by atoms with Crippen molar-refractivity contribution in [2.75, 3.05) is 0 Å². The Kier molecular flexibility index (Phi) is 4.09. The normalized spacial score (nSPS) is 12.1. The molecule has 0 saturated heterocycles. The minimum atomic E-state index is -0.377. The molecular weight excluding hydrogens is 194 g/mol. The lowest BCUT2D eigenvalue weighted by molar-refractivity contribution is -0.149. The van der Waals surface area contributed by atoms with Crippen molar-refractivity contribution in [1.29, 1.82) is 0 Å². The Morgan fingerprint density at radius 2 is 2.27 bits per heavy atom. The number of carbonyl (C=O) groups excluding carboxylic acids is 1. The van der Waals surface area contributed by atoms with Gasteiger partial charge in [-0.2, -0.15) is 0 Å². The van der Waals surface area contributed by atoms with Crippen LogP contribution in [0.2, 0.25) is 0 Å². The minimum Gasteiger partial charge on any atom is -0.461 e. The molecule has 4 nitrogen and oxygen atoms in total. The van der Waals surface area contributed by atoms with Crippen LogP contribution in [0.3, 0.4) is 0 Å². The van der Waals surface area contributed by atoms with Crippen molar-refractivity contribution < 1.29 is 9.53 Å². The Labute approximate surface area is 88.5 Å². The second-order valence-corrected chi connectivity index (χ2v) is 3.38. The molecule has 0 aliphatic heterocycles. The van der Waals surface area contributed by atoms with E-state index in [1.807, 2.05) is 13.8 Å². The fraction of sp³-hybridized carbons (Fsp3) is 0.455. The number of esters is 1. The van der Waals surface area contributed by atoms with Crippen LogP contribution in [-0.2, 0) is 16.1 Å². The summed E-state index contributed by atoms with van der Waals surface area (Å²) in [4.78, 5) is 22.6. The summed E-state index contributed by atoms with van der Waals surface area (Å²) in [5.41, 5.74) is -0.196. The third kappa shape index (κ3) is 3.58. The first-order valence-electron chi connectivity index (χ1n) is 4.98. The van der Waals surface area contributed by atoms with Crippen molar-refractivity contribution in [2.24, 2.45) is 0 Å². The fourth-order valence-corrected chi connectivity index (χ4v) is 1.08. The molecule has 0 aromatic carbocycles. The summed E-state index contributed by atoms with van der Waals surface area (Å²) in [6.45, 7) is 3.74. The summed E-state index contributed by atoms with van der Waals surface area (Å²) in [7, 11) is 0. The maximum Gasteiger partial charge on any atom is 0.326 e. The summed E-state index contributed by atoms with van der Waals surface area (Å²) >= 11 is 0. The molecule has 1 atom stereocenters. The predicted molar refractivity (Wildman–Crippen MR) is 56.5 cm³/mol. The van der Waals surface area contributed by atoms with Crippen LogP contribution in [0.5, 0.6) is 0 Å². The van der Waals surface area contributed by atoms with E-state index in [4.69, 9.17) is 4.74 Å². The summed E-state index contributed by atoms with van der Waals surface area (Å²) in [5, 5.41) is 0. The van der Waals surface area contributed by atoms with Gasteiger partial charge < -0.3 is 9.30 Å². The molecule has 0 amide bonds. The van der Waals surface area contributed by atoms with E-state index in [0.29, 0.717) is 0 Å². The molecule has 0 fully saturated rings. The average Bonchev–Trinajstić information content (AvgIpc) is 2.21. The average molecular weight is 209 g/mol. The van der Waals surface area contributed by atoms with Gasteiger partial charge in [-0.3, -0.25) is 9.59 Å². The van der Waals surface area contributed by atoms with Gasteiger partial charge in [-0.1, -0.05) is 13.0 Å². The van der Waals surface area contributed by atoms with E-state index in [-0.39, 0.29) is 24.2 Å². The molecule has 0 radical (unpaired) electrons. The zero-order valence-electron chi connectivity index (χ0n) is 8.97. The standard InChI is InChI=1S/C11H15NO3/c1-3-9(2)15-11(14)8-12-7-5-4-6-10(12)13/h4-7,9H,3,8H2,1-2H3. The SMILES string of the molecule is CCC(C)OC(=O)Cn1ccccc1=O. The van der Waals surface area contributed by atoms with Crippen LogP contribution in [0.1, 0.15) is 20.3 Å². The van der Waals surface area contributed by atoms with E-state index < -0.39 is 0 Å². The summed E-state index contributed by atoms with van der Waals surface area (Å²) in [5.74, 6) is -0.377. The quantitative estimate of drug-likeness (QED) is 0.700. The third-order valence-corrected chi connectivity index (χ3v) is 2.11. The predicted octanol–water partition coefficient (Wildman–Crippen LogP) is 1.19. The molecule has 82 valence electrons. The van der Waals surface area contributed by atoms with E-state index in [1.54, 1.807) is 18.3 Å². The maximum atomic E-state index is 11.4. The minimum absolute atomic E-state index is 0.0238. The first-order chi connectivity index (χ1) is 7.13. The molecule has 0 aliphatic rings. The molecule has 1 unspecified atom stereocenters. The van der Waals surface area contributed by atoms with E-state index >= 15 is 0 Å². The smallest absolute Gasteiger partial charge is 0.326 e. The molecule has 1 heterocycles. The Hall–Kier alpha value is -1.58. The highest BCUT2D eigenvalue weighted by molar-refractivity contribution is 5.69. The number of carbonyl (C=O) groups is 1. The highest BCUT2D eigenvalue weighted by Crippen LogP contribution is 1.97. The second kappa shape index (κ2) is 5.34. The van der Waals surface area contributed by atoms with Gasteiger partial charge in [-0.25, -0.2) is 0 Å². The van der Waals surface area contributed by atoms with Crippen molar-refractivity contribution in [2.45, 2.75) is 32.9 Å². The van der Waals surface area contributed by atoms with Crippen molar-refractivity contribution in [3.8, 4) is 0 Å². The first-order valence-corrected chi connectivity index (χ1v) is 4.98. The van der Waals surface area contributed by atoms with E-state index in [1.165, 1.54) is 10.6 Å². The van der Waals surface area contributed by atoms with Gasteiger partial charge in [0, 0.05) is 12.3 Å². The Morgan fingerprint density at radius 1 is 1.53 bits per heavy atom.